The summed E-state index contributed by atoms with van der Waals surface area (Å²) in [6, 6.07) is 0. The van der Waals surface area contributed by atoms with E-state index >= 15 is 0 Å². The molecule has 0 heterocycles. The Hall–Kier alpha value is -2.11. The maximum Gasteiger partial charge on any atom is 0.306 e. The smallest absolute Gasteiger partial charge is 0.306 e. The van der Waals surface area contributed by atoms with Gasteiger partial charge < -0.3 is 14.2 Å². The summed E-state index contributed by atoms with van der Waals surface area (Å²) in [6.45, 7) is 6.54. The van der Waals surface area contributed by atoms with Gasteiger partial charge in [-0.25, -0.2) is 0 Å². The van der Waals surface area contributed by atoms with Gasteiger partial charge >= 0.3 is 17.9 Å². The molecule has 51 heavy (non-hydrogen) atoms. The van der Waals surface area contributed by atoms with E-state index < -0.39 is 6.10 Å². The van der Waals surface area contributed by atoms with E-state index in [0.29, 0.717) is 19.3 Å². The molecule has 0 aliphatic rings. The summed E-state index contributed by atoms with van der Waals surface area (Å²) in [5, 5.41) is 0. The van der Waals surface area contributed by atoms with Crippen molar-refractivity contribution in [2.24, 2.45) is 0 Å². The van der Waals surface area contributed by atoms with Gasteiger partial charge in [0, 0.05) is 19.3 Å². The fourth-order valence-electron chi connectivity index (χ4n) is 6.14. The molecular formula is C45H82O6. The lowest BCUT2D eigenvalue weighted by molar-refractivity contribution is -0.166. The van der Waals surface area contributed by atoms with E-state index in [0.717, 1.165) is 51.4 Å². The molecule has 0 amide bonds. The van der Waals surface area contributed by atoms with Gasteiger partial charge in [0.25, 0.3) is 0 Å². The summed E-state index contributed by atoms with van der Waals surface area (Å²) >= 11 is 0. The second kappa shape index (κ2) is 40.7. The Kier molecular flexibility index (Phi) is 39.0. The number of unbranched alkanes of at least 4 members (excludes halogenated alkanes) is 24. The standard InChI is InChI=1S/C45H82O6/c1-4-7-10-13-16-19-21-22-24-26-29-32-35-38-44(47)50-41-42(40-49-43(46)37-34-31-28-25-18-15-12-9-6-3)51-45(48)39-36-33-30-27-23-20-17-14-11-8-5-2/h22,24,29,32,42H,4-21,23,25-28,30-31,33-41H2,1-3H3/b24-22-,32-29-. The van der Waals surface area contributed by atoms with Crippen LogP contribution < -0.4 is 0 Å². The highest BCUT2D eigenvalue weighted by atomic mass is 16.6. The number of rotatable bonds is 39. The molecule has 6 nitrogen and oxygen atoms in total. The fourth-order valence-corrected chi connectivity index (χ4v) is 6.14. The van der Waals surface area contributed by atoms with Gasteiger partial charge in [-0.15, -0.1) is 0 Å². The van der Waals surface area contributed by atoms with Gasteiger partial charge in [-0.2, -0.15) is 0 Å². The summed E-state index contributed by atoms with van der Waals surface area (Å²) in [4.78, 5) is 37.5. The highest BCUT2D eigenvalue weighted by Gasteiger charge is 2.19. The molecule has 0 bridgehead atoms. The molecule has 0 rings (SSSR count). The van der Waals surface area contributed by atoms with Crippen LogP contribution in [0.3, 0.4) is 0 Å². The van der Waals surface area contributed by atoms with Gasteiger partial charge in [0.1, 0.15) is 13.2 Å². The van der Waals surface area contributed by atoms with Gasteiger partial charge in [0.15, 0.2) is 6.10 Å². The molecule has 1 unspecified atom stereocenters. The van der Waals surface area contributed by atoms with Crippen molar-refractivity contribution in [1.29, 1.82) is 0 Å². The van der Waals surface area contributed by atoms with Gasteiger partial charge in [-0.3, -0.25) is 14.4 Å². The lowest BCUT2D eigenvalue weighted by atomic mass is 10.1. The summed E-state index contributed by atoms with van der Waals surface area (Å²) in [5.74, 6) is -0.956. The maximum absolute atomic E-state index is 12.6. The first kappa shape index (κ1) is 48.9. The SMILES string of the molecule is CCCCCCCC/C=C\C/C=C\CCC(=O)OCC(COC(=O)CCCCCCCCCCC)OC(=O)CCCCCCCCCCCCC. The highest BCUT2D eigenvalue weighted by Crippen LogP contribution is 2.14. The zero-order chi connectivity index (χ0) is 37.3. The first-order valence-electron chi connectivity index (χ1n) is 21.8. The molecule has 298 valence electrons. The van der Waals surface area contributed by atoms with Crippen molar-refractivity contribution in [2.75, 3.05) is 13.2 Å². The molecule has 0 aromatic rings. The van der Waals surface area contributed by atoms with Crippen LogP contribution in [-0.2, 0) is 28.6 Å². The minimum absolute atomic E-state index is 0.0848. The maximum atomic E-state index is 12.6. The topological polar surface area (TPSA) is 78.9 Å². The third kappa shape index (κ3) is 38.9. The molecule has 0 saturated heterocycles. The van der Waals surface area contributed by atoms with Gasteiger partial charge in [0.2, 0.25) is 0 Å². The van der Waals surface area contributed by atoms with E-state index in [-0.39, 0.29) is 37.5 Å². The Balaban J connectivity index is 4.42. The first-order chi connectivity index (χ1) is 25.0. The van der Waals surface area contributed by atoms with Crippen molar-refractivity contribution in [3.05, 3.63) is 24.3 Å². The molecule has 0 aliphatic heterocycles. The Morgan fingerprint density at radius 1 is 0.392 bits per heavy atom. The summed E-state index contributed by atoms with van der Waals surface area (Å²) in [6.07, 6.45) is 43.1. The summed E-state index contributed by atoms with van der Waals surface area (Å²) in [7, 11) is 0. The average molecular weight is 719 g/mol. The van der Waals surface area contributed by atoms with E-state index in [1.807, 2.05) is 6.08 Å². The van der Waals surface area contributed by atoms with Crippen LogP contribution in [0.5, 0.6) is 0 Å². The minimum Gasteiger partial charge on any atom is -0.462 e. The number of carbonyl (C=O) groups is 3. The molecule has 0 N–H and O–H groups in total. The van der Waals surface area contributed by atoms with Crippen LogP contribution >= 0.6 is 0 Å². The van der Waals surface area contributed by atoms with Crippen LogP contribution in [0.25, 0.3) is 0 Å². The third-order valence-corrected chi connectivity index (χ3v) is 9.47. The molecule has 6 heteroatoms. The third-order valence-electron chi connectivity index (χ3n) is 9.47. The summed E-state index contributed by atoms with van der Waals surface area (Å²) in [5.41, 5.74) is 0. The lowest BCUT2D eigenvalue weighted by Gasteiger charge is -2.18. The van der Waals surface area contributed by atoms with Crippen molar-refractivity contribution in [1.82, 2.24) is 0 Å². The minimum atomic E-state index is -0.784. The van der Waals surface area contributed by atoms with Crippen LogP contribution in [0.1, 0.15) is 226 Å². The van der Waals surface area contributed by atoms with Crippen molar-refractivity contribution < 1.29 is 28.6 Å². The van der Waals surface area contributed by atoms with E-state index in [4.69, 9.17) is 14.2 Å². The number of hydrogen-bond donors (Lipinski definition) is 0. The molecule has 1 atom stereocenters. The lowest BCUT2D eigenvalue weighted by Crippen LogP contribution is -2.30. The number of carbonyl (C=O) groups excluding carboxylic acids is 3. The number of allylic oxidation sites excluding steroid dienone is 4. The zero-order valence-corrected chi connectivity index (χ0v) is 33.9. The molecule has 0 fully saturated rings. The van der Waals surface area contributed by atoms with Gasteiger partial charge in [-0.1, -0.05) is 193 Å². The quantitative estimate of drug-likeness (QED) is 0.0272. The average Bonchev–Trinajstić information content (AvgIpc) is 3.12. The predicted molar refractivity (Wildman–Crippen MR) is 215 cm³/mol. The van der Waals surface area contributed by atoms with Gasteiger partial charge in [-0.05, 0) is 38.5 Å². The number of hydrogen-bond acceptors (Lipinski definition) is 6. The van der Waals surface area contributed by atoms with E-state index in [2.05, 4.69) is 39.0 Å². The molecule has 0 aromatic heterocycles. The Bertz CT molecular complexity index is 835. The fraction of sp³-hybridized carbons (Fsp3) is 0.844. The molecule has 0 saturated carbocycles. The van der Waals surface area contributed by atoms with Crippen LogP contribution in [0.4, 0.5) is 0 Å². The second-order valence-corrected chi connectivity index (χ2v) is 14.6. The van der Waals surface area contributed by atoms with E-state index in [9.17, 15) is 14.4 Å². The Morgan fingerprint density at radius 3 is 1.20 bits per heavy atom. The largest absolute Gasteiger partial charge is 0.462 e. The Labute approximate surface area is 315 Å². The highest BCUT2D eigenvalue weighted by molar-refractivity contribution is 5.71. The molecule has 0 aliphatic carbocycles. The van der Waals surface area contributed by atoms with Crippen molar-refractivity contribution in [3.8, 4) is 0 Å². The van der Waals surface area contributed by atoms with Crippen LogP contribution in [-0.4, -0.2) is 37.2 Å². The van der Waals surface area contributed by atoms with E-state index in [1.54, 1.807) is 0 Å². The van der Waals surface area contributed by atoms with Crippen LogP contribution in [0.15, 0.2) is 24.3 Å². The molecule has 0 radical (unpaired) electrons. The molecular weight excluding hydrogens is 636 g/mol. The van der Waals surface area contributed by atoms with Crippen LogP contribution in [0.2, 0.25) is 0 Å². The monoisotopic (exact) mass is 719 g/mol. The second-order valence-electron chi connectivity index (χ2n) is 14.6. The van der Waals surface area contributed by atoms with Crippen molar-refractivity contribution >= 4 is 17.9 Å². The summed E-state index contributed by atoms with van der Waals surface area (Å²) < 4.78 is 16.6. The first-order valence-corrected chi connectivity index (χ1v) is 21.8. The van der Waals surface area contributed by atoms with Gasteiger partial charge in [0.05, 0.1) is 0 Å². The normalized spacial score (nSPS) is 12.1. The molecule has 0 spiro atoms. The zero-order valence-electron chi connectivity index (χ0n) is 33.9. The van der Waals surface area contributed by atoms with Crippen LogP contribution in [0, 0.1) is 0 Å². The number of ether oxygens (including phenoxy) is 3. The number of esters is 3. The molecule has 0 aromatic carbocycles. The Morgan fingerprint density at radius 2 is 0.745 bits per heavy atom. The van der Waals surface area contributed by atoms with Crippen molar-refractivity contribution in [2.45, 2.75) is 232 Å². The predicted octanol–water partition coefficient (Wildman–Crippen LogP) is 13.6. The van der Waals surface area contributed by atoms with E-state index in [1.165, 1.54) is 128 Å². The van der Waals surface area contributed by atoms with Crippen molar-refractivity contribution in [3.63, 3.8) is 0 Å².